The molecule has 4 nitrogen and oxygen atoms in total. The Hall–Kier alpha value is -1.79. The molecule has 0 saturated carbocycles. The van der Waals surface area contributed by atoms with Crippen molar-refractivity contribution >= 4 is 38.9 Å². The van der Waals surface area contributed by atoms with Crippen molar-refractivity contribution in [2.75, 3.05) is 0 Å². The molecular formula is C12H8N2O2S2. The second-order valence-corrected chi connectivity index (χ2v) is 5.74. The summed E-state index contributed by atoms with van der Waals surface area (Å²) in [5.41, 5.74) is 1.09. The number of fused-ring (bicyclic) bond motifs is 1. The molecule has 0 amide bonds. The molecule has 90 valence electrons. The number of rotatable bonds is 3. The molecule has 0 saturated heterocycles. The van der Waals surface area contributed by atoms with E-state index in [4.69, 9.17) is 5.11 Å². The van der Waals surface area contributed by atoms with Gasteiger partial charge in [-0.15, -0.1) is 22.7 Å². The maximum atomic E-state index is 10.7. The van der Waals surface area contributed by atoms with Crippen molar-refractivity contribution in [2.45, 2.75) is 6.42 Å². The molecule has 0 unspecified atom stereocenters. The van der Waals surface area contributed by atoms with Crippen LogP contribution >= 0.6 is 22.7 Å². The number of aromatic carboxylic acids is 1. The molecule has 2 heterocycles. The summed E-state index contributed by atoms with van der Waals surface area (Å²) in [6.45, 7) is 0. The number of nitrogens with zero attached hydrogens (tertiary/aromatic N) is 2. The van der Waals surface area contributed by atoms with E-state index in [9.17, 15) is 4.79 Å². The molecule has 2 aromatic heterocycles. The van der Waals surface area contributed by atoms with Crippen LogP contribution < -0.4 is 0 Å². The maximum Gasteiger partial charge on any atom is 0.355 e. The summed E-state index contributed by atoms with van der Waals surface area (Å²) in [6.07, 6.45) is 0.595. The fourth-order valence-electron chi connectivity index (χ4n) is 1.62. The molecule has 3 aromatic rings. The van der Waals surface area contributed by atoms with Gasteiger partial charge in [-0.05, 0) is 12.1 Å². The smallest absolute Gasteiger partial charge is 0.355 e. The first-order chi connectivity index (χ1) is 8.72. The molecule has 1 aromatic carbocycles. The van der Waals surface area contributed by atoms with Crippen LogP contribution in [0.2, 0.25) is 0 Å². The van der Waals surface area contributed by atoms with Crippen molar-refractivity contribution < 1.29 is 9.90 Å². The first-order valence-corrected chi connectivity index (χ1v) is 6.94. The van der Waals surface area contributed by atoms with Gasteiger partial charge in [-0.3, -0.25) is 0 Å². The van der Waals surface area contributed by atoms with Crippen molar-refractivity contribution in [3.8, 4) is 0 Å². The summed E-state index contributed by atoms with van der Waals surface area (Å²) >= 11 is 2.98. The molecule has 0 aliphatic heterocycles. The predicted octanol–water partition coefficient (Wildman–Crippen LogP) is 3.04. The molecule has 0 bridgehead atoms. The summed E-state index contributed by atoms with van der Waals surface area (Å²) < 4.78 is 1.14. The van der Waals surface area contributed by atoms with E-state index in [1.807, 2.05) is 24.3 Å². The van der Waals surface area contributed by atoms with Crippen LogP contribution in [-0.4, -0.2) is 21.0 Å². The van der Waals surface area contributed by atoms with E-state index in [1.54, 1.807) is 16.7 Å². The Labute approximate surface area is 111 Å². The lowest BCUT2D eigenvalue weighted by atomic mass is 10.3. The van der Waals surface area contributed by atoms with Crippen molar-refractivity contribution in [3.05, 3.63) is 45.4 Å². The monoisotopic (exact) mass is 276 g/mol. The standard InChI is InChI=1S/C12H8N2O2S2/c15-12(16)8-6-17-10(14-8)5-11-13-7-3-1-2-4-9(7)18-11/h1-4,6H,5H2,(H,15,16). The Kier molecular flexibility index (Phi) is 2.81. The topological polar surface area (TPSA) is 63.1 Å². The Morgan fingerprint density at radius 2 is 2.06 bits per heavy atom. The van der Waals surface area contributed by atoms with Crippen molar-refractivity contribution in [3.63, 3.8) is 0 Å². The van der Waals surface area contributed by atoms with Gasteiger partial charge in [0.2, 0.25) is 0 Å². The third-order valence-electron chi connectivity index (χ3n) is 2.41. The fourth-order valence-corrected chi connectivity index (χ4v) is 3.45. The van der Waals surface area contributed by atoms with E-state index in [0.29, 0.717) is 6.42 Å². The van der Waals surface area contributed by atoms with Gasteiger partial charge in [-0.25, -0.2) is 14.8 Å². The van der Waals surface area contributed by atoms with Crippen molar-refractivity contribution in [1.29, 1.82) is 0 Å². The lowest BCUT2D eigenvalue weighted by Gasteiger charge is -1.89. The SMILES string of the molecule is O=C(O)c1csc(Cc2nc3ccccc3s2)n1. The lowest BCUT2D eigenvalue weighted by Crippen LogP contribution is -1.96. The third kappa shape index (κ3) is 2.12. The molecule has 0 aliphatic rings. The van der Waals surface area contributed by atoms with Gasteiger partial charge in [-0.2, -0.15) is 0 Å². The number of thiazole rings is 2. The highest BCUT2D eigenvalue weighted by molar-refractivity contribution is 7.18. The normalized spacial score (nSPS) is 10.9. The number of carboxylic acids is 1. The molecule has 0 fully saturated rings. The average Bonchev–Trinajstić information content (AvgIpc) is 2.94. The summed E-state index contributed by atoms with van der Waals surface area (Å²) in [5, 5.41) is 12.1. The van der Waals surface area contributed by atoms with Gasteiger partial charge >= 0.3 is 5.97 Å². The van der Waals surface area contributed by atoms with Crippen LogP contribution in [0.5, 0.6) is 0 Å². The van der Waals surface area contributed by atoms with E-state index < -0.39 is 5.97 Å². The molecule has 18 heavy (non-hydrogen) atoms. The Morgan fingerprint density at radius 1 is 1.22 bits per heavy atom. The number of benzene rings is 1. The van der Waals surface area contributed by atoms with E-state index in [1.165, 1.54) is 11.3 Å². The van der Waals surface area contributed by atoms with Gasteiger partial charge < -0.3 is 5.11 Å². The van der Waals surface area contributed by atoms with Crippen LogP contribution in [0.25, 0.3) is 10.2 Å². The van der Waals surface area contributed by atoms with E-state index >= 15 is 0 Å². The molecular weight excluding hydrogens is 268 g/mol. The molecule has 0 radical (unpaired) electrons. The Bertz CT molecular complexity index is 685. The predicted molar refractivity (Wildman–Crippen MR) is 71.5 cm³/mol. The number of carboxylic acid groups (broad SMARTS) is 1. The van der Waals surface area contributed by atoms with Crippen LogP contribution in [0.15, 0.2) is 29.6 Å². The van der Waals surface area contributed by atoms with Gasteiger partial charge in [-0.1, -0.05) is 12.1 Å². The summed E-state index contributed by atoms with van der Waals surface area (Å²) in [5.74, 6) is -0.984. The van der Waals surface area contributed by atoms with Crippen molar-refractivity contribution in [2.24, 2.45) is 0 Å². The second-order valence-electron chi connectivity index (χ2n) is 3.68. The second kappa shape index (κ2) is 4.47. The van der Waals surface area contributed by atoms with Crippen LogP contribution in [-0.2, 0) is 6.42 Å². The first kappa shape index (κ1) is 11.3. The Morgan fingerprint density at radius 3 is 2.78 bits per heavy atom. The number of carbonyl (C=O) groups is 1. The minimum Gasteiger partial charge on any atom is -0.476 e. The van der Waals surface area contributed by atoms with Crippen LogP contribution in [0.1, 0.15) is 20.5 Å². The summed E-state index contributed by atoms with van der Waals surface area (Å²) in [7, 11) is 0. The van der Waals surface area contributed by atoms with E-state index in [-0.39, 0.29) is 5.69 Å². The number of para-hydroxylation sites is 1. The molecule has 0 aliphatic carbocycles. The van der Waals surface area contributed by atoms with Crippen LogP contribution in [0, 0.1) is 0 Å². The van der Waals surface area contributed by atoms with Crippen molar-refractivity contribution in [1.82, 2.24) is 9.97 Å². The maximum absolute atomic E-state index is 10.7. The zero-order valence-electron chi connectivity index (χ0n) is 9.16. The molecule has 3 rings (SSSR count). The van der Waals surface area contributed by atoms with Crippen LogP contribution in [0.3, 0.4) is 0 Å². The zero-order valence-corrected chi connectivity index (χ0v) is 10.8. The zero-order chi connectivity index (χ0) is 12.5. The largest absolute Gasteiger partial charge is 0.476 e. The van der Waals surface area contributed by atoms with Gasteiger partial charge in [0.05, 0.1) is 16.6 Å². The first-order valence-electron chi connectivity index (χ1n) is 5.24. The quantitative estimate of drug-likeness (QED) is 0.798. The molecule has 6 heteroatoms. The van der Waals surface area contributed by atoms with Gasteiger partial charge in [0.25, 0.3) is 0 Å². The minimum absolute atomic E-state index is 0.108. The highest BCUT2D eigenvalue weighted by Gasteiger charge is 2.11. The highest BCUT2D eigenvalue weighted by Crippen LogP contribution is 2.24. The van der Waals surface area contributed by atoms with Crippen LogP contribution in [0.4, 0.5) is 0 Å². The fraction of sp³-hybridized carbons (Fsp3) is 0.0833. The van der Waals surface area contributed by atoms with Gasteiger partial charge in [0, 0.05) is 5.38 Å². The minimum atomic E-state index is -0.984. The van der Waals surface area contributed by atoms with Gasteiger partial charge in [0.1, 0.15) is 10.0 Å². The molecule has 0 spiro atoms. The highest BCUT2D eigenvalue weighted by atomic mass is 32.1. The summed E-state index contributed by atoms with van der Waals surface area (Å²) in [6, 6.07) is 7.94. The number of hydrogen-bond donors (Lipinski definition) is 1. The van der Waals surface area contributed by atoms with E-state index in [0.717, 1.165) is 20.2 Å². The summed E-state index contributed by atoms with van der Waals surface area (Å²) in [4.78, 5) is 19.3. The third-order valence-corrected chi connectivity index (χ3v) is 4.30. The number of aromatic nitrogens is 2. The average molecular weight is 276 g/mol. The molecule has 1 N–H and O–H groups in total. The van der Waals surface area contributed by atoms with E-state index in [2.05, 4.69) is 9.97 Å². The number of hydrogen-bond acceptors (Lipinski definition) is 5. The van der Waals surface area contributed by atoms with Gasteiger partial charge in [0.15, 0.2) is 5.69 Å². The Balaban J connectivity index is 1.88. The lowest BCUT2D eigenvalue weighted by molar-refractivity contribution is 0.0691. The molecule has 0 atom stereocenters.